The minimum absolute atomic E-state index is 0.0922. The van der Waals surface area contributed by atoms with Gasteiger partial charge in [-0.05, 0) is 61.4 Å². The molecule has 4 rings (SSSR count). The van der Waals surface area contributed by atoms with Crippen LogP contribution in [0.1, 0.15) is 37.7 Å². The molecule has 1 aliphatic heterocycles. The van der Waals surface area contributed by atoms with E-state index in [1.165, 1.54) is 0 Å². The lowest BCUT2D eigenvalue weighted by molar-refractivity contribution is -0.133. The molecule has 0 spiro atoms. The van der Waals surface area contributed by atoms with Crippen molar-refractivity contribution in [1.29, 1.82) is 0 Å². The monoisotopic (exact) mass is 440 g/mol. The largest absolute Gasteiger partial charge is 0.493 e. The molecule has 1 saturated carbocycles. The van der Waals surface area contributed by atoms with Crippen LogP contribution in [-0.4, -0.2) is 43.0 Å². The first-order valence-corrected chi connectivity index (χ1v) is 11.4. The number of carbonyl (C=O) groups excluding carboxylic acids is 2. The van der Waals surface area contributed by atoms with Crippen molar-refractivity contribution in [2.24, 2.45) is 5.92 Å². The number of hydrogen-bond donors (Lipinski definition) is 1. The number of hydrogen-bond acceptors (Lipinski definition) is 3. The summed E-state index contributed by atoms with van der Waals surface area (Å²) < 4.78 is 5.65. The molecule has 0 radical (unpaired) electrons. The lowest BCUT2D eigenvalue weighted by atomic mass is 9.93. The minimum Gasteiger partial charge on any atom is -0.493 e. The summed E-state index contributed by atoms with van der Waals surface area (Å²) in [5.41, 5.74) is 0.636. The fraction of sp³-hybridized carbons (Fsp3) is 0.440. The molecule has 2 aromatic carbocycles. The summed E-state index contributed by atoms with van der Waals surface area (Å²) in [4.78, 5) is 27.4. The molecule has 2 aromatic rings. The molecule has 0 unspecified atom stereocenters. The second-order valence-electron chi connectivity index (χ2n) is 8.56. The summed E-state index contributed by atoms with van der Waals surface area (Å²) in [5.74, 6) is 1.28. The molecule has 1 atom stereocenters. The van der Waals surface area contributed by atoms with Crippen molar-refractivity contribution in [2.75, 3.05) is 26.2 Å². The fourth-order valence-corrected chi connectivity index (χ4v) is 4.46. The van der Waals surface area contributed by atoms with E-state index in [1.807, 2.05) is 59.5 Å². The average Bonchev–Trinajstić information content (AvgIpc) is 3.61. The van der Waals surface area contributed by atoms with Crippen molar-refractivity contribution in [3.8, 4) is 5.75 Å². The Balaban J connectivity index is 1.23. The maximum absolute atomic E-state index is 12.9. The van der Waals surface area contributed by atoms with Crippen LogP contribution in [0.2, 0.25) is 5.02 Å². The Morgan fingerprint density at radius 1 is 1.10 bits per heavy atom. The van der Waals surface area contributed by atoms with Crippen LogP contribution in [0, 0.1) is 5.92 Å². The Kier molecular flexibility index (Phi) is 6.81. The summed E-state index contributed by atoms with van der Waals surface area (Å²) in [7, 11) is 0. The molecular weight excluding hydrogens is 412 g/mol. The van der Waals surface area contributed by atoms with Gasteiger partial charge in [0.1, 0.15) is 5.75 Å². The number of piperidine rings is 1. The molecule has 2 amide bonds. The van der Waals surface area contributed by atoms with Crippen molar-refractivity contribution in [2.45, 2.75) is 37.5 Å². The van der Waals surface area contributed by atoms with Gasteiger partial charge in [-0.15, -0.1) is 0 Å². The first-order chi connectivity index (χ1) is 15.1. The maximum Gasteiger partial charge on any atom is 0.230 e. The average molecular weight is 441 g/mol. The zero-order chi connectivity index (χ0) is 21.7. The van der Waals surface area contributed by atoms with E-state index in [4.69, 9.17) is 16.3 Å². The van der Waals surface area contributed by atoms with Gasteiger partial charge in [-0.3, -0.25) is 9.59 Å². The highest BCUT2D eigenvalue weighted by atomic mass is 35.5. The lowest BCUT2D eigenvalue weighted by Gasteiger charge is -2.33. The predicted octanol–water partition coefficient (Wildman–Crippen LogP) is 4.20. The van der Waals surface area contributed by atoms with Gasteiger partial charge in [-0.2, -0.15) is 0 Å². The van der Waals surface area contributed by atoms with Gasteiger partial charge in [-0.1, -0.05) is 41.9 Å². The van der Waals surface area contributed by atoms with Crippen LogP contribution in [0.25, 0.3) is 0 Å². The predicted molar refractivity (Wildman–Crippen MR) is 121 cm³/mol. The molecule has 1 N–H and O–H groups in total. The summed E-state index contributed by atoms with van der Waals surface area (Å²) in [5, 5.41) is 3.84. The van der Waals surface area contributed by atoms with E-state index in [1.54, 1.807) is 0 Å². The number of halogens is 1. The number of para-hydroxylation sites is 1. The third-order valence-corrected chi connectivity index (χ3v) is 6.58. The fourth-order valence-electron chi connectivity index (χ4n) is 4.34. The Morgan fingerprint density at radius 3 is 2.55 bits per heavy atom. The first-order valence-electron chi connectivity index (χ1n) is 11.1. The normalized spacial score (nSPS) is 19.5. The smallest absolute Gasteiger partial charge is 0.230 e. The molecule has 6 heteroatoms. The van der Waals surface area contributed by atoms with Crippen molar-refractivity contribution in [3.63, 3.8) is 0 Å². The van der Waals surface area contributed by atoms with Crippen molar-refractivity contribution in [3.05, 3.63) is 65.2 Å². The van der Waals surface area contributed by atoms with E-state index in [0.717, 1.165) is 43.5 Å². The Morgan fingerprint density at radius 2 is 1.84 bits per heavy atom. The Labute approximate surface area is 188 Å². The number of rotatable bonds is 8. The van der Waals surface area contributed by atoms with E-state index in [2.05, 4.69) is 5.32 Å². The van der Waals surface area contributed by atoms with E-state index in [0.29, 0.717) is 31.1 Å². The quantitative estimate of drug-likeness (QED) is 0.669. The number of likely N-dealkylation sites (tertiary alicyclic amines) is 1. The van der Waals surface area contributed by atoms with Crippen molar-refractivity contribution < 1.29 is 14.3 Å². The molecule has 1 saturated heterocycles. The van der Waals surface area contributed by atoms with Crippen LogP contribution in [0.15, 0.2) is 54.6 Å². The highest BCUT2D eigenvalue weighted by Gasteiger charge is 2.51. The highest BCUT2D eigenvalue weighted by molar-refractivity contribution is 6.30. The van der Waals surface area contributed by atoms with E-state index in [-0.39, 0.29) is 17.7 Å². The second-order valence-corrected chi connectivity index (χ2v) is 8.99. The molecular formula is C25H29ClN2O3. The topological polar surface area (TPSA) is 58.6 Å². The zero-order valence-electron chi connectivity index (χ0n) is 17.7. The number of nitrogens with zero attached hydrogens (tertiary/aromatic N) is 1. The van der Waals surface area contributed by atoms with Gasteiger partial charge in [0.25, 0.3) is 0 Å². The highest BCUT2D eigenvalue weighted by Crippen LogP contribution is 2.48. The lowest BCUT2D eigenvalue weighted by Crippen LogP contribution is -2.45. The van der Waals surface area contributed by atoms with Crippen LogP contribution in [0.3, 0.4) is 0 Å². The van der Waals surface area contributed by atoms with Gasteiger partial charge in [0, 0.05) is 24.7 Å². The summed E-state index contributed by atoms with van der Waals surface area (Å²) in [6, 6.07) is 17.1. The molecule has 1 aliphatic carbocycles. The van der Waals surface area contributed by atoms with Crippen molar-refractivity contribution >= 4 is 23.4 Å². The van der Waals surface area contributed by atoms with Crippen LogP contribution in [-0.2, 0) is 15.0 Å². The Hall–Kier alpha value is -2.53. The third-order valence-electron chi connectivity index (χ3n) is 6.33. The summed E-state index contributed by atoms with van der Waals surface area (Å²) in [6.45, 7) is 2.46. The molecule has 5 nitrogen and oxygen atoms in total. The molecule has 2 fully saturated rings. The molecule has 0 aromatic heterocycles. The van der Waals surface area contributed by atoms with Gasteiger partial charge in [0.15, 0.2) is 0 Å². The molecule has 164 valence electrons. The number of nitrogens with one attached hydrogen (secondary N) is 1. The van der Waals surface area contributed by atoms with Gasteiger partial charge in [0.2, 0.25) is 11.8 Å². The minimum atomic E-state index is -0.399. The van der Waals surface area contributed by atoms with Gasteiger partial charge in [0.05, 0.1) is 18.4 Å². The summed E-state index contributed by atoms with van der Waals surface area (Å²) >= 11 is 5.99. The summed E-state index contributed by atoms with van der Waals surface area (Å²) in [6.07, 6.45) is 4.11. The van der Waals surface area contributed by atoms with Crippen LogP contribution in [0.5, 0.6) is 5.75 Å². The molecule has 31 heavy (non-hydrogen) atoms. The first kappa shape index (κ1) is 21.7. The standard InChI is InChI=1S/C25H29ClN2O3/c26-21-10-8-20(9-11-21)25(13-14-25)24(30)27-17-19-5-4-15-28(18-19)23(29)12-16-31-22-6-2-1-3-7-22/h1-3,6-11,19H,4-5,12-18H2,(H,27,30)/t19-/m1/s1. The molecule has 1 heterocycles. The SMILES string of the molecule is O=C(CCOc1ccccc1)N1CCC[C@H](CNC(=O)C2(c3ccc(Cl)cc3)CC2)C1. The number of benzene rings is 2. The molecule has 2 aliphatic rings. The third kappa shape index (κ3) is 5.40. The van der Waals surface area contributed by atoms with Gasteiger partial charge >= 0.3 is 0 Å². The van der Waals surface area contributed by atoms with E-state index < -0.39 is 5.41 Å². The molecule has 0 bridgehead atoms. The maximum atomic E-state index is 12.9. The van der Waals surface area contributed by atoms with E-state index in [9.17, 15) is 9.59 Å². The van der Waals surface area contributed by atoms with Crippen LogP contribution in [0.4, 0.5) is 0 Å². The number of ether oxygens (including phenoxy) is 1. The van der Waals surface area contributed by atoms with Crippen LogP contribution < -0.4 is 10.1 Å². The van der Waals surface area contributed by atoms with Crippen molar-refractivity contribution in [1.82, 2.24) is 10.2 Å². The van der Waals surface area contributed by atoms with Gasteiger partial charge in [-0.25, -0.2) is 0 Å². The zero-order valence-corrected chi connectivity index (χ0v) is 18.4. The van der Waals surface area contributed by atoms with Crippen LogP contribution >= 0.6 is 11.6 Å². The number of amides is 2. The number of carbonyl (C=O) groups is 2. The Bertz CT molecular complexity index is 897. The second kappa shape index (κ2) is 9.73. The van der Waals surface area contributed by atoms with E-state index >= 15 is 0 Å². The van der Waals surface area contributed by atoms with Gasteiger partial charge < -0.3 is 15.0 Å².